The Balaban J connectivity index is 1.42. The van der Waals surface area contributed by atoms with Crippen LogP contribution in [0.15, 0.2) is 72.8 Å². The molecule has 0 spiro atoms. The molecule has 3 atom stereocenters. The highest BCUT2D eigenvalue weighted by Gasteiger charge is 2.55. The van der Waals surface area contributed by atoms with Crippen molar-refractivity contribution in [3.8, 4) is 11.5 Å². The zero-order chi connectivity index (χ0) is 35.3. The van der Waals surface area contributed by atoms with E-state index in [0.29, 0.717) is 51.5 Å². The quantitative estimate of drug-likeness (QED) is 0.150. The number of halogens is 3. The Kier molecular flexibility index (Phi) is 10.9. The maximum Gasteiger partial charge on any atom is 0.407 e. The summed E-state index contributed by atoms with van der Waals surface area (Å²) >= 11 is 0. The lowest BCUT2D eigenvalue weighted by Gasteiger charge is -2.32. The van der Waals surface area contributed by atoms with E-state index in [1.807, 2.05) is 0 Å². The van der Waals surface area contributed by atoms with Crippen LogP contribution in [0.3, 0.4) is 0 Å². The number of sulfonamides is 1. The molecule has 0 aliphatic carbocycles. The molecular formula is C35H37F3N2O8S. The molecular weight excluding hydrogens is 665 g/mol. The van der Waals surface area contributed by atoms with Crippen molar-refractivity contribution in [2.45, 2.75) is 68.6 Å². The van der Waals surface area contributed by atoms with Crippen LogP contribution >= 0.6 is 0 Å². The van der Waals surface area contributed by atoms with Crippen LogP contribution in [0, 0.1) is 0 Å². The topological polar surface area (TPSA) is 142 Å². The Morgan fingerprint density at radius 2 is 1.57 bits per heavy atom. The number of hydrogen-bond donors (Lipinski definition) is 3. The SMILES string of the molecule is COc1cccc(N(CC(F)(F)F)S(=O)(=O)C2CC3OC2C(c2ccc(NC(=O)CCCCCCC(=O)O)cc2)=C3c2ccc(O)cc2)c1. The monoisotopic (exact) mass is 702 g/mol. The first-order chi connectivity index (χ1) is 23.3. The molecule has 3 N–H and O–H groups in total. The number of nitrogens with one attached hydrogen (secondary N) is 1. The van der Waals surface area contributed by atoms with Crippen LogP contribution in [0.5, 0.6) is 11.5 Å². The number of anilines is 2. The van der Waals surface area contributed by atoms with Gasteiger partial charge in [-0.25, -0.2) is 8.42 Å². The number of aromatic hydroxyl groups is 1. The lowest BCUT2D eigenvalue weighted by Crippen LogP contribution is -2.47. The molecule has 1 amide bonds. The number of phenols is 1. The van der Waals surface area contributed by atoms with E-state index < -0.39 is 46.2 Å². The van der Waals surface area contributed by atoms with Gasteiger partial charge in [0.1, 0.15) is 29.4 Å². The lowest BCUT2D eigenvalue weighted by atomic mass is 9.83. The van der Waals surface area contributed by atoms with Crippen molar-refractivity contribution in [3.05, 3.63) is 83.9 Å². The van der Waals surface area contributed by atoms with Gasteiger partial charge in [0, 0.05) is 24.6 Å². The summed E-state index contributed by atoms with van der Waals surface area (Å²) in [6.07, 6.45) is -3.86. The number of aliphatic carboxylic acids is 1. The van der Waals surface area contributed by atoms with Gasteiger partial charge in [0.25, 0.3) is 0 Å². The molecule has 3 unspecified atom stereocenters. The van der Waals surface area contributed by atoms with Crippen molar-refractivity contribution >= 4 is 44.4 Å². The number of carboxylic acid groups (broad SMARTS) is 1. The average molecular weight is 703 g/mol. The number of fused-ring (bicyclic) bond motifs is 2. The summed E-state index contributed by atoms with van der Waals surface area (Å²) in [5, 5.41) is 20.1. The number of carbonyl (C=O) groups is 2. The maximum atomic E-state index is 14.2. The first kappa shape index (κ1) is 35.7. The van der Waals surface area contributed by atoms with Gasteiger partial charge in [-0.15, -0.1) is 0 Å². The number of methoxy groups -OCH3 is 1. The molecule has 49 heavy (non-hydrogen) atoms. The third-order valence-corrected chi connectivity index (χ3v) is 10.7. The molecule has 14 heteroatoms. The number of phenolic OH excluding ortho intramolecular Hbond substituents is 1. The van der Waals surface area contributed by atoms with E-state index in [1.165, 1.54) is 43.5 Å². The second kappa shape index (κ2) is 14.9. The summed E-state index contributed by atoms with van der Waals surface area (Å²) in [5.74, 6) is -0.844. The van der Waals surface area contributed by atoms with Gasteiger partial charge in [-0.05, 0) is 77.9 Å². The van der Waals surface area contributed by atoms with E-state index in [-0.39, 0.29) is 42.4 Å². The minimum atomic E-state index is -4.84. The third kappa shape index (κ3) is 8.54. The first-order valence-electron chi connectivity index (χ1n) is 15.8. The zero-order valence-corrected chi connectivity index (χ0v) is 27.5. The first-order valence-corrected chi connectivity index (χ1v) is 17.3. The van der Waals surface area contributed by atoms with Crippen molar-refractivity contribution in [2.75, 3.05) is 23.3 Å². The number of alkyl halides is 3. The summed E-state index contributed by atoms with van der Waals surface area (Å²) < 4.78 is 81.7. The van der Waals surface area contributed by atoms with Crippen LogP contribution in [0.1, 0.15) is 56.1 Å². The fourth-order valence-electron chi connectivity index (χ4n) is 6.29. The fraction of sp³-hybridized carbons (Fsp3) is 0.371. The van der Waals surface area contributed by atoms with Crippen LogP contribution in [0.4, 0.5) is 24.5 Å². The van der Waals surface area contributed by atoms with Crippen molar-refractivity contribution in [3.63, 3.8) is 0 Å². The molecule has 0 aromatic heterocycles. The predicted octanol–water partition coefficient (Wildman–Crippen LogP) is 6.61. The number of hydrogen-bond acceptors (Lipinski definition) is 7. The molecule has 0 radical (unpaired) electrons. The van der Waals surface area contributed by atoms with Crippen LogP contribution in [0.2, 0.25) is 0 Å². The van der Waals surface area contributed by atoms with E-state index in [9.17, 15) is 36.3 Å². The smallest absolute Gasteiger partial charge is 0.407 e. The molecule has 2 heterocycles. The second-order valence-electron chi connectivity index (χ2n) is 12.0. The Labute approximate surface area is 282 Å². The summed E-state index contributed by atoms with van der Waals surface area (Å²) in [5.41, 5.74) is 2.69. The van der Waals surface area contributed by atoms with E-state index >= 15 is 0 Å². The number of nitrogens with zero attached hydrogens (tertiary/aromatic N) is 1. The van der Waals surface area contributed by atoms with Crippen LogP contribution < -0.4 is 14.4 Å². The number of carbonyl (C=O) groups excluding carboxylic acids is 1. The van der Waals surface area contributed by atoms with Gasteiger partial charge in [0.2, 0.25) is 15.9 Å². The second-order valence-corrected chi connectivity index (χ2v) is 14.1. The Hall–Kier alpha value is -4.56. The number of carboxylic acids is 1. The molecule has 10 nitrogen and oxygen atoms in total. The van der Waals surface area contributed by atoms with Gasteiger partial charge in [0.15, 0.2) is 0 Å². The Bertz CT molecular complexity index is 1790. The highest BCUT2D eigenvalue weighted by Crippen LogP contribution is 2.51. The standard InChI is InChI=1S/C35H37F3N2O8S/c1-47-27-8-6-7-25(19-27)40(21-35(36,37)38)49(45,46)29-20-28-32(22-13-17-26(41)18-14-22)33(34(29)48-28)23-11-15-24(16-12-23)39-30(42)9-4-2-3-5-10-31(43)44/h6-8,11-19,28-29,34,41H,2-5,9-10,20-21H2,1H3,(H,39,42)(H,43,44). The van der Waals surface area contributed by atoms with Crippen molar-refractivity contribution in [1.82, 2.24) is 0 Å². The normalized spacial score (nSPS) is 18.8. The number of unbranched alkanes of at least 4 members (excludes halogenated alkanes) is 3. The van der Waals surface area contributed by atoms with E-state index in [2.05, 4.69) is 5.32 Å². The maximum absolute atomic E-state index is 14.2. The van der Waals surface area contributed by atoms with Crippen LogP contribution in [-0.2, 0) is 24.3 Å². The van der Waals surface area contributed by atoms with Gasteiger partial charge >= 0.3 is 12.1 Å². The summed E-state index contributed by atoms with van der Waals surface area (Å²) in [6, 6.07) is 18.5. The van der Waals surface area contributed by atoms with E-state index in [0.717, 1.165) is 6.42 Å². The highest BCUT2D eigenvalue weighted by atomic mass is 32.2. The Morgan fingerprint density at radius 3 is 2.20 bits per heavy atom. The molecule has 5 rings (SSSR count). The number of ether oxygens (including phenoxy) is 2. The molecule has 2 aliphatic rings. The van der Waals surface area contributed by atoms with E-state index in [4.69, 9.17) is 14.6 Å². The molecule has 3 aromatic carbocycles. The largest absolute Gasteiger partial charge is 0.508 e. The molecule has 262 valence electrons. The zero-order valence-electron chi connectivity index (χ0n) is 26.7. The summed E-state index contributed by atoms with van der Waals surface area (Å²) in [6.45, 7) is -1.74. The van der Waals surface area contributed by atoms with Crippen molar-refractivity contribution in [1.29, 1.82) is 0 Å². The van der Waals surface area contributed by atoms with Crippen LogP contribution in [-0.4, -0.2) is 67.8 Å². The minimum Gasteiger partial charge on any atom is -0.508 e. The number of rotatable bonds is 15. The van der Waals surface area contributed by atoms with Crippen LogP contribution in [0.25, 0.3) is 11.1 Å². The molecule has 1 fully saturated rings. The van der Waals surface area contributed by atoms with Gasteiger partial charge in [-0.2, -0.15) is 13.2 Å². The molecule has 2 bridgehead atoms. The fourth-order valence-corrected chi connectivity index (χ4v) is 8.28. The highest BCUT2D eigenvalue weighted by molar-refractivity contribution is 7.93. The third-order valence-electron chi connectivity index (χ3n) is 8.55. The number of amides is 1. The van der Waals surface area contributed by atoms with Gasteiger partial charge < -0.3 is 25.0 Å². The molecule has 1 saturated heterocycles. The Morgan fingerprint density at radius 1 is 0.939 bits per heavy atom. The lowest BCUT2D eigenvalue weighted by molar-refractivity contribution is -0.137. The summed E-state index contributed by atoms with van der Waals surface area (Å²) in [7, 11) is -3.34. The van der Waals surface area contributed by atoms with Crippen molar-refractivity contribution in [2.24, 2.45) is 0 Å². The molecule has 2 aliphatic heterocycles. The average Bonchev–Trinajstić information content (AvgIpc) is 3.66. The minimum absolute atomic E-state index is 0.0249. The molecule has 0 saturated carbocycles. The predicted molar refractivity (Wildman–Crippen MR) is 178 cm³/mol. The molecule has 3 aromatic rings. The van der Waals surface area contributed by atoms with Gasteiger partial charge in [-0.1, -0.05) is 43.2 Å². The van der Waals surface area contributed by atoms with E-state index in [1.54, 1.807) is 36.4 Å². The van der Waals surface area contributed by atoms with Gasteiger partial charge in [0.05, 0.1) is 18.9 Å². The number of benzene rings is 3. The summed E-state index contributed by atoms with van der Waals surface area (Å²) in [4.78, 5) is 23.2. The van der Waals surface area contributed by atoms with Gasteiger partial charge in [-0.3, -0.25) is 13.9 Å². The van der Waals surface area contributed by atoms with Crippen molar-refractivity contribution < 1.29 is 50.9 Å².